The minimum Gasteiger partial charge on any atom is -0.392 e. The van der Waals surface area contributed by atoms with Crippen LogP contribution in [0.5, 0.6) is 0 Å². The first kappa shape index (κ1) is 16.6. The number of aliphatic hydroxyl groups excluding tert-OH is 1. The maximum Gasteiger partial charge on any atom is 0.199 e. The number of rotatable bonds is 4. The molecule has 0 aliphatic carbocycles. The van der Waals surface area contributed by atoms with Crippen molar-refractivity contribution in [2.45, 2.75) is 13.2 Å². The van der Waals surface area contributed by atoms with Crippen LogP contribution in [-0.4, -0.2) is 15.1 Å². The van der Waals surface area contributed by atoms with Crippen molar-refractivity contribution in [3.63, 3.8) is 0 Å². The Morgan fingerprint density at radius 1 is 1.17 bits per heavy atom. The predicted octanol–water partition coefficient (Wildman–Crippen LogP) is 3.14. The van der Waals surface area contributed by atoms with Gasteiger partial charge in [-0.05, 0) is 35.4 Å². The van der Waals surface area contributed by atoms with E-state index in [9.17, 15) is 9.90 Å². The normalized spacial score (nSPS) is 10.8. The van der Waals surface area contributed by atoms with E-state index in [0.29, 0.717) is 38.6 Å². The molecule has 0 spiro atoms. The topological polar surface area (TPSA) is 65.1 Å². The number of fused-ring (bicyclic) bond motifs is 1. The van der Waals surface area contributed by atoms with Crippen LogP contribution >= 0.6 is 23.8 Å². The zero-order valence-corrected chi connectivity index (χ0v) is 14.2. The number of hydrogen-bond donors (Lipinski definition) is 3. The Morgan fingerprint density at radius 3 is 2.58 bits per heavy atom. The molecule has 1 heterocycles. The summed E-state index contributed by atoms with van der Waals surface area (Å²) in [6, 6.07) is 12.6. The summed E-state index contributed by atoms with van der Waals surface area (Å²) in [7, 11) is 0. The first-order chi connectivity index (χ1) is 11.6. The Balaban J connectivity index is 1.85. The largest absolute Gasteiger partial charge is 0.392 e. The van der Waals surface area contributed by atoms with Crippen LogP contribution in [0.15, 0.2) is 53.5 Å². The molecule has 6 heteroatoms. The fourth-order valence-electron chi connectivity index (χ4n) is 2.41. The summed E-state index contributed by atoms with van der Waals surface area (Å²) < 4.78 is 0. The monoisotopic (exact) mass is 358 g/mol. The number of halogens is 1. The molecule has 1 aromatic heterocycles. The highest BCUT2D eigenvalue weighted by molar-refractivity contribution is 7.80. The zero-order valence-electron chi connectivity index (χ0n) is 12.7. The highest BCUT2D eigenvalue weighted by Crippen LogP contribution is 2.12. The summed E-state index contributed by atoms with van der Waals surface area (Å²) in [6.45, 7) is 0.392. The molecule has 0 saturated heterocycles. The van der Waals surface area contributed by atoms with Crippen molar-refractivity contribution >= 4 is 39.7 Å². The van der Waals surface area contributed by atoms with Crippen LogP contribution in [0.25, 0.3) is 10.9 Å². The Kier molecular flexibility index (Phi) is 4.94. The molecule has 122 valence electrons. The second-order valence-electron chi connectivity index (χ2n) is 5.38. The number of aliphatic hydroxyl groups is 1. The number of aromatic nitrogens is 1. The van der Waals surface area contributed by atoms with Crippen LogP contribution < -0.4 is 10.7 Å². The number of benzene rings is 2. The molecule has 3 N–H and O–H groups in total. The number of thiocarbonyl (C=S) groups is 1. The lowest BCUT2D eigenvalue weighted by Crippen LogP contribution is -2.27. The highest BCUT2D eigenvalue weighted by atomic mass is 35.5. The van der Waals surface area contributed by atoms with Crippen molar-refractivity contribution in [3.8, 4) is 0 Å². The average molecular weight is 359 g/mol. The molecular weight excluding hydrogens is 344 g/mol. The lowest BCUT2D eigenvalue weighted by atomic mass is 10.1. The van der Waals surface area contributed by atoms with E-state index in [1.807, 2.05) is 12.1 Å². The number of H-pyrrole nitrogens is 1. The molecule has 0 aliphatic rings. The van der Waals surface area contributed by atoms with E-state index in [1.54, 1.807) is 36.5 Å². The first-order valence-electron chi connectivity index (χ1n) is 7.36. The third-order valence-electron chi connectivity index (χ3n) is 3.74. The summed E-state index contributed by atoms with van der Waals surface area (Å²) in [5.41, 5.74) is 2.65. The summed E-state index contributed by atoms with van der Waals surface area (Å²) in [5.74, 6) is 0. The molecule has 0 saturated carbocycles. The van der Waals surface area contributed by atoms with Gasteiger partial charge in [0.15, 0.2) is 5.43 Å². The Morgan fingerprint density at radius 2 is 1.88 bits per heavy atom. The lowest BCUT2D eigenvalue weighted by molar-refractivity contribution is 0.282. The van der Waals surface area contributed by atoms with Gasteiger partial charge < -0.3 is 15.4 Å². The van der Waals surface area contributed by atoms with Gasteiger partial charge >= 0.3 is 0 Å². The van der Waals surface area contributed by atoms with Gasteiger partial charge in [-0.3, -0.25) is 4.79 Å². The molecular formula is C18H15ClN2O2S. The minimum absolute atomic E-state index is 0.112. The van der Waals surface area contributed by atoms with Crippen LogP contribution in [0, 0.1) is 0 Å². The highest BCUT2D eigenvalue weighted by Gasteiger charge is 2.10. The van der Waals surface area contributed by atoms with Crippen molar-refractivity contribution < 1.29 is 5.11 Å². The Labute approximate surface area is 149 Å². The van der Waals surface area contributed by atoms with Gasteiger partial charge in [0, 0.05) is 28.7 Å². The summed E-state index contributed by atoms with van der Waals surface area (Å²) in [6.07, 6.45) is 1.61. The van der Waals surface area contributed by atoms with Crippen LogP contribution in [0.4, 0.5) is 0 Å². The van der Waals surface area contributed by atoms with Crippen molar-refractivity contribution in [2.24, 2.45) is 0 Å². The van der Waals surface area contributed by atoms with Gasteiger partial charge in [0.2, 0.25) is 0 Å². The van der Waals surface area contributed by atoms with Gasteiger partial charge in [-0.1, -0.05) is 42.0 Å². The number of nitrogens with one attached hydrogen (secondary N) is 2. The zero-order chi connectivity index (χ0) is 17.1. The number of pyridine rings is 1. The van der Waals surface area contributed by atoms with Gasteiger partial charge in [0.1, 0.15) is 4.99 Å². The molecule has 0 atom stereocenters. The fraction of sp³-hybridized carbons (Fsp3) is 0.111. The van der Waals surface area contributed by atoms with Crippen molar-refractivity contribution in [3.05, 3.63) is 80.6 Å². The second-order valence-corrected chi connectivity index (χ2v) is 6.22. The molecule has 0 radical (unpaired) electrons. The van der Waals surface area contributed by atoms with Crippen LogP contribution in [0.1, 0.15) is 16.7 Å². The molecule has 4 nitrogen and oxygen atoms in total. The summed E-state index contributed by atoms with van der Waals surface area (Å²) >= 11 is 11.2. The quantitative estimate of drug-likeness (QED) is 0.627. The number of hydrogen-bond acceptors (Lipinski definition) is 3. The summed E-state index contributed by atoms with van der Waals surface area (Å²) in [5, 5.41) is 13.5. The van der Waals surface area contributed by atoms with Crippen LogP contribution in [0.2, 0.25) is 5.02 Å². The molecule has 3 rings (SSSR count). The van der Waals surface area contributed by atoms with Crippen LogP contribution in [-0.2, 0) is 13.2 Å². The van der Waals surface area contributed by atoms with Crippen LogP contribution in [0.3, 0.4) is 0 Å². The van der Waals surface area contributed by atoms with E-state index >= 15 is 0 Å². The molecule has 0 bridgehead atoms. The van der Waals surface area contributed by atoms with E-state index in [4.69, 9.17) is 23.8 Å². The van der Waals surface area contributed by atoms with E-state index in [0.717, 1.165) is 5.56 Å². The Bertz CT molecular complexity index is 951. The summed E-state index contributed by atoms with van der Waals surface area (Å²) in [4.78, 5) is 16.1. The maximum atomic E-state index is 12.6. The van der Waals surface area contributed by atoms with E-state index in [-0.39, 0.29) is 12.0 Å². The van der Waals surface area contributed by atoms with E-state index < -0.39 is 0 Å². The third-order valence-corrected chi connectivity index (χ3v) is 4.35. The van der Waals surface area contributed by atoms with Gasteiger partial charge in [-0.25, -0.2) is 0 Å². The minimum atomic E-state index is -0.160. The maximum absolute atomic E-state index is 12.6. The first-order valence-corrected chi connectivity index (χ1v) is 8.15. The molecule has 2 aromatic carbocycles. The van der Waals surface area contributed by atoms with E-state index in [1.165, 1.54) is 0 Å². The van der Waals surface area contributed by atoms with Gasteiger partial charge in [0.25, 0.3) is 0 Å². The third kappa shape index (κ3) is 3.48. The van der Waals surface area contributed by atoms with Crippen molar-refractivity contribution in [2.75, 3.05) is 0 Å². The second kappa shape index (κ2) is 7.13. The molecule has 0 unspecified atom stereocenters. The average Bonchev–Trinajstić information content (AvgIpc) is 2.61. The number of aromatic amines is 1. The Hall–Kier alpha value is -2.21. The molecule has 24 heavy (non-hydrogen) atoms. The molecule has 0 aliphatic heterocycles. The smallest absolute Gasteiger partial charge is 0.199 e. The SMILES string of the molecule is O=c1c(C(=S)NCc2ccc(Cl)cc2)c[nH]c2ccc(CO)cc12. The predicted molar refractivity (Wildman–Crippen MR) is 100 cm³/mol. The standard InChI is InChI=1S/C18H15ClN2O2S/c19-13-4-1-11(2-5-13)8-21-18(24)15-9-20-16-6-3-12(10-22)7-14(16)17(15)23/h1-7,9,22H,8,10H2,(H,20,23)(H,21,24). The lowest BCUT2D eigenvalue weighted by Gasteiger charge is -2.09. The van der Waals surface area contributed by atoms with Crippen molar-refractivity contribution in [1.82, 2.24) is 10.3 Å². The van der Waals surface area contributed by atoms with Gasteiger partial charge in [-0.15, -0.1) is 0 Å². The molecule has 0 amide bonds. The van der Waals surface area contributed by atoms with Crippen molar-refractivity contribution in [1.29, 1.82) is 0 Å². The van der Waals surface area contributed by atoms with Gasteiger partial charge in [0.05, 0.1) is 12.2 Å². The fourth-order valence-corrected chi connectivity index (χ4v) is 2.76. The van der Waals surface area contributed by atoms with E-state index in [2.05, 4.69) is 10.3 Å². The molecule has 0 fully saturated rings. The molecule has 3 aromatic rings. The van der Waals surface area contributed by atoms with Gasteiger partial charge in [-0.2, -0.15) is 0 Å².